The minimum Gasteiger partial charge on any atom is -0.505 e. The number of aromatic amines is 1. The fraction of sp³-hybridized carbons (Fsp3) is 0.147. The maximum absolute atomic E-state index is 10.2. The first-order chi connectivity index (χ1) is 24.5. The van der Waals surface area contributed by atoms with Crippen molar-refractivity contribution in [3.63, 3.8) is 0 Å². The number of aliphatic hydroxyl groups excluding tert-OH is 2. The molecule has 0 radical (unpaired) electrons. The lowest BCUT2D eigenvalue weighted by Crippen LogP contribution is -2.01. The van der Waals surface area contributed by atoms with E-state index in [-0.39, 0.29) is 36.8 Å². The summed E-state index contributed by atoms with van der Waals surface area (Å²) in [6.07, 6.45) is 12.7. The highest BCUT2D eigenvalue weighted by atomic mass is 16.4. The zero-order valence-electron chi connectivity index (χ0n) is 27.6. The van der Waals surface area contributed by atoms with Gasteiger partial charge in [-0.25, -0.2) is 29.5 Å². The Morgan fingerprint density at radius 1 is 0.725 bits per heavy atom. The summed E-state index contributed by atoms with van der Waals surface area (Å²) in [5.41, 5.74) is 2.18. The fourth-order valence-electron chi connectivity index (χ4n) is 3.08. The second kappa shape index (κ2) is 25.2. The van der Waals surface area contributed by atoms with E-state index in [0.717, 1.165) is 11.4 Å². The lowest BCUT2D eigenvalue weighted by molar-refractivity contribution is -0.136. The first-order valence-corrected chi connectivity index (χ1v) is 14.6. The molecule has 0 unspecified atom stereocenters. The first-order valence-electron chi connectivity index (χ1n) is 14.6. The number of aromatic hydroxyl groups is 1. The van der Waals surface area contributed by atoms with Crippen LogP contribution < -0.4 is 0 Å². The van der Waals surface area contributed by atoms with Crippen LogP contribution >= 0.6 is 0 Å². The Morgan fingerprint density at radius 2 is 1.37 bits per heavy atom. The maximum Gasteiger partial charge on any atom is 0.358 e. The number of aliphatic hydroxyl groups is 2. The highest BCUT2D eigenvalue weighted by Gasteiger charge is 2.08. The van der Waals surface area contributed by atoms with Crippen molar-refractivity contribution in [1.29, 1.82) is 0 Å². The lowest BCUT2D eigenvalue weighted by Gasteiger charge is -1.93. The molecule has 0 atom stereocenters. The summed E-state index contributed by atoms with van der Waals surface area (Å²) >= 11 is 0. The topological polar surface area (TPSA) is 271 Å². The van der Waals surface area contributed by atoms with Gasteiger partial charge in [-0.2, -0.15) is 0 Å². The first kappa shape index (κ1) is 42.2. The van der Waals surface area contributed by atoms with Gasteiger partial charge in [-0.1, -0.05) is 18.2 Å². The number of hydrogen-bond donors (Lipinski definition) is 7. The number of imidazole rings is 2. The van der Waals surface area contributed by atoms with E-state index >= 15 is 0 Å². The van der Waals surface area contributed by atoms with Crippen molar-refractivity contribution >= 4 is 17.9 Å². The van der Waals surface area contributed by atoms with Crippen LogP contribution in [0.4, 0.5) is 0 Å². The fourth-order valence-corrected chi connectivity index (χ4v) is 3.08. The number of carboxylic acids is 3. The van der Waals surface area contributed by atoms with Gasteiger partial charge < -0.3 is 40.2 Å². The number of H-pyrrole nitrogens is 1. The molecule has 268 valence electrons. The van der Waals surface area contributed by atoms with Gasteiger partial charge in [0.05, 0.1) is 36.9 Å². The summed E-state index contributed by atoms with van der Waals surface area (Å²) in [5, 5.41) is 50.7. The molecule has 0 fully saturated rings. The number of aromatic carboxylic acids is 2. The molecule has 6 aromatic heterocycles. The van der Waals surface area contributed by atoms with E-state index in [0.29, 0.717) is 11.5 Å². The van der Waals surface area contributed by atoms with E-state index in [4.69, 9.17) is 30.6 Å². The number of nitrogens with zero attached hydrogens (tertiary/aromatic N) is 7. The Kier molecular flexibility index (Phi) is 20.8. The normalized spacial score (nSPS) is 9.18. The molecule has 17 nitrogen and oxygen atoms in total. The van der Waals surface area contributed by atoms with Gasteiger partial charge in [0.15, 0.2) is 5.69 Å². The van der Waals surface area contributed by atoms with Gasteiger partial charge in [0.2, 0.25) is 0 Å². The molecule has 6 rings (SSSR count). The predicted octanol–water partition coefficient (Wildman–Crippen LogP) is 3.18. The number of rotatable bonds is 6. The SMILES string of the molecule is Cc1ccccn1.Cn1ccnc1CO.O=C(O)Cc1ccccn1.O=C(O)c1ccccn1.O=C(O)c1ncccc1O.OCc1cnc[nH]1. The van der Waals surface area contributed by atoms with Crippen LogP contribution in [0.5, 0.6) is 5.75 Å². The molecule has 6 aromatic rings. The van der Waals surface area contributed by atoms with Crippen molar-refractivity contribution in [3.8, 4) is 5.75 Å². The van der Waals surface area contributed by atoms with Crippen LogP contribution in [0.3, 0.4) is 0 Å². The van der Waals surface area contributed by atoms with Gasteiger partial charge >= 0.3 is 17.9 Å². The van der Waals surface area contributed by atoms with E-state index in [1.165, 1.54) is 36.9 Å². The molecule has 0 saturated heterocycles. The van der Waals surface area contributed by atoms with Gasteiger partial charge in [-0.05, 0) is 55.5 Å². The molecular weight excluding hydrogens is 664 g/mol. The molecule has 51 heavy (non-hydrogen) atoms. The second-order valence-electron chi connectivity index (χ2n) is 9.41. The van der Waals surface area contributed by atoms with Crippen molar-refractivity contribution in [1.82, 2.24) is 39.5 Å². The van der Waals surface area contributed by atoms with Crippen LogP contribution in [0.25, 0.3) is 0 Å². The molecule has 7 N–H and O–H groups in total. The summed E-state index contributed by atoms with van der Waals surface area (Å²) in [6, 6.07) is 18.6. The highest BCUT2D eigenvalue weighted by molar-refractivity contribution is 5.88. The van der Waals surface area contributed by atoms with Gasteiger partial charge in [0, 0.05) is 49.9 Å². The number of carboxylic acid groups (broad SMARTS) is 3. The summed E-state index contributed by atoms with van der Waals surface area (Å²) in [5.74, 6) is -2.67. The van der Waals surface area contributed by atoms with Crippen molar-refractivity contribution in [3.05, 3.63) is 151 Å². The minimum absolute atomic E-state index is 0.000833. The van der Waals surface area contributed by atoms with Gasteiger partial charge in [-0.3, -0.25) is 14.8 Å². The third kappa shape index (κ3) is 19.5. The molecule has 0 spiro atoms. The Morgan fingerprint density at radius 3 is 1.69 bits per heavy atom. The van der Waals surface area contributed by atoms with E-state index in [9.17, 15) is 14.4 Å². The summed E-state index contributed by atoms with van der Waals surface area (Å²) in [6.45, 7) is 2.03. The number of nitrogens with one attached hydrogen (secondary N) is 1. The molecule has 17 heteroatoms. The van der Waals surface area contributed by atoms with Gasteiger partial charge in [-0.15, -0.1) is 0 Å². The lowest BCUT2D eigenvalue weighted by atomic mass is 10.3. The second-order valence-corrected chi connectivity index (χ2v) is 9.41. The average Bonchev–Trinajstić information content (AvgIpc) is 3.82. The third-order valence-corrected chi connectivity index (χ3v) is 5.53. The van der Waals surface area contributed by atoms with Crippen LogP contribution in [0.15, 0.2) is 116 Å². The third-order valence-electron chi connectivity index (χ3n) is 5.53. The molecule has 6 heterocycles. The van der Waals surface area contributed by atoms with E-state index in [2.05, 4.69) is 34.9 Å². The van der Waals surface area contributed by atoms with E-state index in [1.807, 2.05) is 32.2 Å². The van der Waals surface area contributed by atoms with Gasteiger partial charge in [0.25, 0.3) is 0 Å². The Hall–Kier alpha value is -6.85. The van der Waals surface area contributed by atoms with Crippen LogP contribution in [-0.2, 0) is 31.5 Å². The van der Waals surface area contributed by atoms with Crippen molar-refractivity contribution in [2.75, 3.05) is 0 Å². The summed E-state index contributed by atoms with van der Waals surface area (Å²) in [4.78, 5) is 55.5. The van der Waals surface area contributed by atoms with Crippen molar-refractivity contribution in [2.45, 2.75) is 26.6 Å². The molecule has 0 aromatic carbocycles. The number of carbonyl (C=O) groups is 3. The monoisotopic (exact) mass is 702 g/mol. The van der Waals surface area contributed by atoms with Crippen molar-refractivity contribution < 1.29 is 45.0 Å². The number of aromatic nitrogens is 8. The predicted molar refractivity (Wildman–Crippen MR) is 182 cm³/mol. The smallest absolute Gasteiger partial charge is 0.358 e. The molecular formula is C34H38N8O9. The zero-order chi connectivity index (χ0) is 37.9. The van der Waals surface area contributed by atoms with Crippen LogP contribution in [0.1, 0.15) is 43.9 Å². The number of aliphatic carboxylic acids is 1. The number of aryl methyl sites for hydroxylation is 2. The molecule has 0 aliphatic heterocycles. The summed E-state index contributed by atoms with van der Waals surface area (Å²) < 4.78 is 1.78. The highest BCUT2D eigenvalue weighted by Crippen LogP contribution is 2.11. The average molecular weight is 703 g/mol. The number of pyridine rings is 4. The van der Waals surface area contributed by atoms with E-state index in [1.54, 1.807) is 65.9 Å². The molecule has 0 saturated carbocycles. The van der Waals surface area contributed by atoms with Crippen molar-refractivity contribution in [2.24, 2.45) is 7.05 Å². The molecule has 0 amide bonds. The Labute approximate surface area is 292 Å². The minimum atomic E-state index is -1.22. The van der Waals surface area contributed by atoms with Crippen LogP contribution in [0, 0.1) is 6.92 Å². The molecule has 0 bridgehead atoms. The molecule has 0 aliphatic rings. The zero-order valence-corrected chi connectivity index (χ0v) is 27.6. The summed E-state index contributed by atoms with van der Waals surface area (Å²) in [7, 11) is 1.85. The number of hydrogen-bond acceptors (Lipinski definition) is 12. The van der Waals surface area contributed by atoms with E-state index < -0.39 is 17.9 Å². The van der Waals surface area contributed by atoms with Crippen LogP contribution in [-0.4, -0.2) is 88.0 Å². The quantitative estimate of drug-likeness (QED) is 0.131. The largest absolute Gasteiger partial charge is 0.505 e. The standard InChI is InChI=1S/C7H7NO2.C6H5NO3.C6H5NO2.C6H7N.C5H8N2O.C4H6N2O/c9-7(10)5-6-3-1-2-4-8-6;8-4-2-1-3-7-5(4)6(9)10;8-6(9)5-3-1-2-4-7-5;1-6-4-2-3-5-7-6;1-7-3-2-6-5(7)4-8;7-2-4-1-5-3-6-4/h1-4H,5H2,(H,9,10);1-3,8H,(H,9,10);1-4H,(H,8,9);2-5H,1H3;2-3,8H,4H2,1H3;1,3,7H,2H2,(H,5,6). The molecule has 0 aliphatic carbocycles. The Bertz CT molecular complexity index is 1810. The Balaban J connectivity index is 0.000000308. The van der Waals surface area contributed by atoms with Crippen LogP contribution in [0.2, 0.25) is 0 Å². The maximum atomic E-state index is 10.2. The van der Waals surface area contributed by atoms with Gasteiger partial charge in [0.1, 0.15) is 23.9 Å².